The number of aromatic nitrogens is 3. The van der Waals surface area contributed by atoms with Gasteiger partial charge in [0.05, 0.1) is 29.2 Å². The lowest BCUT2D eigenvalue weighted by molar-refractivity contribution is -0.114. The minimum absolute atomic E-state index is 0.0764. The summed E-state index contributed by atoms with van der Waals surface area (Å²) in [6.45, 7) is 2.38. The second-order valence-corrected chi connectivity index (χ2v) is 8.98. The van der Waals surface area contributed by atoms with E-state index in [-0.39, 0.29) is 17.9 Å². The van der Waals surface area contributed by atoms with E-state index in [0.29, 0.717) is 47.0 Å². The number of methoxy groups -OCH3 is 1. The first-order valence-electron chi connectivity index (χ1n) is 12.2. The summed E-state index contributed by atoms with van der Waals surface area (Å²) < 4.78 is 7.34. The fourth-order valence-electron chi connectivity index (χ4n) is 4.95. The molecule has 0 spiro atoms. The van der Waals surface area contributed by atoms with Gasteiger partial charge in [0, 0.05) is 32.5 Å². The molecule has 2 N–H and O–H groups in total. The molecular weight excluding hydrogens is 454 g/mol. The van der Waals surface area contributed by atoms with Crippen molar-refractivity contribution in [2.45, 2.75) is 38.8 Å². The first kappa shape index (κ1) is 23.7. The molecule has 0 bridgehead atoms. The van der Waals surface area contributed by atoms with Gasteiger partial charge in [0.25, 0.3) is 5.91 Å². The first-order valence-corrected chi connectivity index (χ1v) is 12.2. The van der Waals surface area contributed by atoms with E-state index in [4.69, 9.17) is 9.72 Å². The Kier molecular flexibility index (Phi) is 6.77. The maximum atomic E-state index is 13.8. The van der Waals surface area contributed by atoms with Crippen LogP contribution in [-0.2, 0) is 22.5 Å². The Bertz CT molecular complexity index is 1410. The number of amides is 2. The first-order chi connectivity index (χ1) is 17.5. The smallest absolute Gasteiger partial charge is 0.254 e. The molecule has 0 unspecified atom stereocenters. The minimum Gasteiger partial charge on any atom is -0.383 e. The molecule has 8 heteroatoms. The third-order valence-electron chi connectivity index (χ3n) is 6.49. The number of benzene rings is 2. The summed E-state index contributed by atoms with van der Waals surface area (Å²) in [4.78, 5) is 35.0. The number of imidazole rings is 1. The topological polar surface area (TPSA) is 98.1 Å². The van der Waals surface area contributed by atoms with Gasteiger partial charge in [0.2, 0.25) is 5.91 Å². The van der Waals surface area contributed by atoms with Gasteiger partial charge in [-0.15, -0.1) is 0 Å². The van der Waals surface area contributed by atoms with Crippen LogP contribution in [0.15, 0.2) is 60.8 Å². The van der Waals surface area contributed by atoms with Crippen LogP contribution in [-0.4, -0.2) is 40.1 Å². The van der Waals surface area contributed by atoms with Crippen LogP contribution in [0.5, 0.6) is 0 Å². The molecule has 0 fully saturated rings. The van der Waals surface area contributed by atoms with Crippen LogP contribution < -0.4 is 10.6 Å². The van der Waals surface area contributed by atoms with E-state index in [1.807, 2.05) is 34.9 Å². The summed E-state index contributed by atoms with van der Waals surface area (Å²) in [6, 6.07) is 17.3. The van der Waals surface area contributed by atoms with E-state index in [2.05, 4.69) is 27.8 Å². The van der Waals surface area contributed by atoms with Crippen molar-refractivity contribution in [1.82, 2.24) is 19.9 Å². The summed E-state index contributed by atoms with van der Waals surface area (Å²) in [7, 11) is 1.64. The van der Waals surface area contributed by atoms with Gasteiger partial charge in [-0.1, -0.05) is 30.3 Å². The number of carbonyl (C=O) groups is 2. The third-order valence-corrected chi connectivity index (χ3v) is 6.49. The maximum absolute atomic E-state index is 13.8. The van der Waals surface area contributed by atoms with Crippen molar-refractivity contribution in [3.63, 3.8) is 0 Å². The van der Waals surface area contributed by atoms with E-state index in [9.17, 15) is 9.59 Å². The van der Waals surface area contributed by atoms with Crippen molar-refractivity contribution in [1.29, 1.82) is 0 Å². The summed E-state index contributed by atoms with van der Waals surface area (Å²) >= 11 is 0. The molecule has 0 saturated heterocycles. The molecule has 0 radical (unpaired) electrons. The molecule has 36 heavy (non-hydrogen) atoms. The average molecular weight is 484 g/mol. The van der Waals surface area contributed by atoms with E-state index < -0.39 is 0 Å². The van der Waals surface area contributed by atoms with Crippen LogP contribution >= 0.6 is 0 Å². The summed E-state index contributed by atoms with van der Waals surface area (Å²) in [6.07, 6.45) is 4.62. The number of carbonyl (C=O) groups excluding carboxylic acids is 2. The largest absolute Gasteiger partial charge is 0.383 e. The SMILES string of the molecule is COCCn1c(-c2ccccn2)nc2cc(NC(C)=O)cc(C(=O)N[C@H]3CCCc4ccccc43)c21. The molecule has 2 amide bonds. The zero-order chi connectivity index (χ0) is 25.1. The van der Waals surface area contributed by atoms with Gasteiger partial charge in [0.1, 0.15) is 5.69 Å². The van der Waals surface area contributed by atoms with Crippen molar-refractivity contribution in [2.24, 2.45) is 0 Å². The Morgan fingerprint density at radius 2 is 1.97 bits per heavy atom. The summed E-state index contributed by atoms with van der Waals surface area (Å²) in [5, 5.41) is 6.07. The van der Waals surface area contributed by atoms with Crippen molar-refractivity contribution in [2.75, 3.05) is 19.0 Å². The molecule has 4 aromatic rings. The summed E-state index contributed by atoms with van der Waals surface area (Å²) in [5.74, 6) is 0.213. The van der Waals surface area contributed by atoms with E-state index in [0.717, 1.165) is 24.8 Å². The average Bonchev–Trinajstić information content (AvgIpc) is 3.25. The van der Waals surface area contributed by atoms with Crippen LogP contribution in [0.25, 0.3) is 22.6 Å². The van der Waals surface area contributed by atoms with Crippen LogP contribution in [0, 0.1) is 0 Å². The number of nitrogens with zero attached hydrogens (tertiary/aromatic N) is 3. The molecule has 1 atom stereocenters. The van der Waals surface area contributed by atoms with Gasteiger partial charge in [-0.25, -0.2) is 4.98 Å². The highest BCUT2D eigenvalue weighted by Gasteiger charge is 2.26. The summed E-state index contributed by atoms with van der Waals surface area (Å²) in [5.41, 5.74) is 5.38. The van der Waals surface area contributed by atoms with Crippen molar-refractivity contribution < 1.29 is 14.3 Å². The van der Waals surface area contributed by atoms with E-state index in [1.54, 1.807) is 25.4 Å². The lowest BCUT2D eigenvalue weighted by Crippen LogP contribution is -2.31. The van der Waals surface area contributed by atoms with E-state index in [1.165, 1.54) is 12.5 Å². The molecule has 0 aliphatic heterocycles. The van der Waals surface area contributed by atoms with Gasteiger partial charge in [-0.05, 0) is 54.7 Å². The number of rotatable bonds is 7. The van der Waals surface area contributed by atoms with Gasteiger partial charge in [0.15, 0.2) is 5.82 Å². The van der Waals surface area contributed by atoms with Crippen LogP contribution in [0.4, 0.5) is 5.69 Å². The fourth-order valence-corrected chi connectivity index (χ4v) is 4.95. The predicted octanol–water partition coefficient (Wildman–Crippen LogP) is 4.51. The monoisotopic (exact) mass is 483 g/mol. The molecule has 2 aromatic heterocycles. The highest BCUT2D eigenvalue weighted by Crippen LogP contribution is 2.32. The van der Waals surface area contributed by atoms with Crippen LogP contribution in [0.1, 0.15) is 47.3 Å². The van der Waals surface area contributed by atoms with Gasteiger partial charge < -0.3 is 19.9 Å². The molecule has 2 aromatic carbocycles. The van der Waals surface area contributed by atoms with Gasteiger partial charge in [-0.3, -0.25) is 14.6 Å². The maximum Gasteiger partial charge on any atom is 0.254 e. The molecule has 8 nitrogen and oxygen atoms in total. The lowest BCUT2D eigenvalue weighted by atomic mass is 9.87. The molecule has 2 heterocycles. The number of fused-ring (bicyclic) bond motifs is 2. The van der Waals surface area contributed by atoms with Gasteiger partial charge >= 0.3 is 0 Å². The van der Waals surface area contributed by atoms with Crippen molar-refractivity contribution in [3.8, 4) is 11.5 Å². The highest BCUT2D eigenvalue weighted by atomic mass is 16.5. The number of anilines is 1. The third kappa shape index (κ3) is 4.72. The number of hydrogen-bond acceptors (Lipinski definition) is 5. The molecule has 0 saturated carbocycles. The second kappa shape index (κ2) is 10.3. The predicted molar refractivity (Wildman–Crippen MR) is 139 cm³/mol. The molecular formula is C28H29N5O3. The Balaban J connectivity index is 1.63. The lowest BCUT2D eigenvalue weighted by Gasteiger charge is -2.26. The van der Waals surface area contributed by atoms with Gasteiger partial charge in [-0.2, -0.15) is 0 Å². The van der Waals surface area contributed by atoms with Crippen molar-refractivity contribution in [3.05, 3.63) is 77.5 Å². The molecule has 5 rings (SSSR count). The van der Waals surface area contributed by atoms with E-state index >= 15 is 0 Å². The number of nitrogens with one attached hydrogen (secondary N) is 2. The number of ether oxygens (including phenoxy) is 1. The van der Waals surface area contributed by atoms with Crippen LogP contribution in [0.2, 0.25) is 0 Å². The molecule has 184 valence electrons. The number of hydrogen-bond donors (Lipinski definition) is 2. The standard InChI is InChI=1S/C28H29N5O3/c1-18(34)30-20-16-22(28(35)32-23-12-7-9-19-8-3-4-10-21(19)23)26-25(17-20)31-27(33(26)14-15-36-2)24-11-5-6-13-29-24/h3-6,8,10-11,13,16-17,23H,7,9,12,14-15H2,1-2H3,(H,30,34)(H,32,35)/t23-/m0/s1. The Morgan fingerprint density at radius 3 is 2.75 bits per heavy atom. The zero-order valence-electron chi connectivity index (χ0n) is 20.5. The zero-order valence-corrected chi connectivity index (χ0v) is 20.5. The van der Waals surface area contributed by atoms with Crippen molar-refractivity contribution >= 4 is 28.5 Å². The minimum atomic E-state index is -0.217. The number of pyridine rings is 1. The Hall–Kier alpha value is -4.04. The second-order valence-electron chi connectivity index (χ2n) is 8.98. The molecule has 1 aliphatic rings. The fraction of sp³-hybridized carbons (Fsp3) is 0.286. The normalized spacial score (nSPS) is 14.9. The van der Waals surface area contributed by atoms with Crippen LogP contribution in [0.3, 0.4) is 0 Å². The Labute approximate surface area is 209 Å². The Morgan fingerprint density at radius 1 is 1.14 bits per heavy atom. The number of aryl methyl sites for hydroxylation is 1. The quantitative estimate of drug-likeness (QED) is 0.403. The molecule has 1 aliphatic carbocycles. The highest BCUT2D eigenvalue weighted by molar-refractivity contribution is 6.08.